The molecule has 3 heterocycles. The van der Waals surface area contributed by atoms with Crippen LogP contribution in [0.15, 0.2) is 24.4 Å². The zero-order valence-corrected chi connectivity index (χ0v) is 13.4. The van der Waals surface area contributed by atoms with Gasteiger partial charge >= 0.3 is 6.61 Å². The smallest absolute Gasteiger partial charge is 0.387 e. The number of anilines is 1. The van der Waals surface area contributed by atoms with E-state index in [4.69, 9.17) is 4.74 Å². The van der Waals surface area contributed by atoms with Gasteiger partial charge in [0.15, 0.2) is 0 Å². The SMILES string of the molecule is N#Cc1cnc2ccc(OC(F)F)cc2c1NC[C@H]1C[C@H]2CC[C@H]1O2. The van der Waals surface area contributed by atoms with Crippen LogP contribution in [-0.2, 0) is 4.74 Å². The molecule has 4 rings (SSSR count). The molecule has 2 fully saturated rings. The van der Waals surface area contributed by atoms with E-state index in [9.17, 15) is 14.0 Å². The molecule has 0 saturated carbocycles. The second-order valence-corrected chi connectivity index (χ2v) is 6.47. The van der Waals surface area contributed by atoms with Crippen molar-refractivity contribution in [3.05, 3.63) is 30.0 Å². The number of rotatable bonds is 5. The van der Waals surface area contributed by atoms with Crippen LogP contribution in [0.25, 0.3) is 10.9 Å². The van der Waals surface area contributed by atoms with Gasteiger partial charge in [-0.2, -0.15) is 14.0 Å². The molecule has 7 heteroatoms. The molecule has 2 saturated heterocycles. The number of nitrogens with zero attached hydrogens (tertiary/aromatic N) is 2. The molecule has 130 valence electrons. The third-order valence-electron chi connectivity index (χ3n) is 4.96. The van der Waals surface area contributed by atoms with Crippen LogP contribution in [0.1, 0.15) is 24.8 Å². The number of pyridine rings is 1. The highest BCUT2D eigenvalue weighted by Gasteiger charge is 2.40. The Bertz CT molecular complexity index is 837. The monoisotopic (exact) mass is 345 g/mol. The maximum absolute atomic E-state index is 12.5. The van der Waals surface area contributed by atoms with Gasteiger partial charge in [0.2, 0.25) is 0 Å². The van der Waals surface area contributed by atoms with Crippen LogP contribution in [0.2, 0.25) is 0 Å². The Morgan fingerprint density at radius 3 is 2.96 bits per heavy atom. The Balaban J connectivity index is 1.63. The van der Waals surface area contributed by atoms with Crippen molar-refractivity contribution in [2.45, 2.75) is 38.1 Å². The second-order valence-electron chi connectivity index (χ2n) is 6.47. The second kappa shape index (κ2) is 6.45. The van der Waals surface area contributed by atoms with Gasteiger partial charge < -0.3 is 14.8 Å². The number of hydrogen-bond acceptors (Lipinski definition) is 5. The number of ether oxygens (including phenoxy) is 2. The predicted octanol–water partition coefficient (Wildman–Crippen LogP) is 3.69. The lowest BCUT2D eigenvalue weighted by Gasteiger charge is -2.20. The van der Waals surface area contributed by atoms with Crippen LogP contribution in [0.4, 0.5) is 14.5 Å². The molecule has 2 aliphatic heterocycles. The van der Waals surface area contributed by atoms with Crippen LogP contribution in [-0.4, -0.2) is 30.3 Å². The summed E-state index contributed by atoms with van der Waals surface area (Å²) in [5, 5.41) is 13.3. The molecule has 2 bridgehead atoms. The summed E-state index contributed by atoms with van der Waals surface area (Å²) in [4.78, 5) is 4.22. The number of halogens is 2. The Kier molecular flexibility index (Phi) is 4.14. The van der Waals surface area contributed by atoms with Gasteiger partial charge in [-0.05, 0) is 37.5 Å². The minimum atomic E-state index is -2.90. The van der Waals surface area contributed by atoms with E-state index in [1.807, 2.05) is 0 Å². The van der Waals surface area contributed by atoms with E-state index in [0.717, 1.165) is 19.3 Å². The molecular weight excluding hydrogens is 328 g/mol. The first kappa shape index (κ1) is 16.0. The minimum absolute atomic E-state index is 0.0469. The number of nitriles is 1. The van der Waals surface area contributed by atoms with E-state index < -0.39 is 6.61 Å². The van der Waals surface area contributed by atoms with Crippen LogP contribution in [0.3, 0.4) is 0 Å². The summed E-state index contributed by atoms with van der Waals surface area (Å²) in [5.41, 5.74) is 1.60. The molecule has 3 atom stereocenters. The van der Waals surface area contributed by atoms with Crippen LogP contribution < -0.4 is 10.1 Å². The zero-order chi connectivity index (χ0) is 17.4. The average molecular weight is 345 g/mol. The number of fused-ring (bicyclic) bond motifs is 3. The number of aromatic nitrogens is 1. The van der Waals surface area contributed by atoms with E-state index in [2.05, 4.69) is 21.1 Å². The summed E-state index contributed by atoms with van der Waals surface area (Å²) < 4.78 is 35.3. The molecule has 0 aliphatic carbocycles. The Labute approximate surface area is 143 Å². The summed E-state index contributed by atoms with van der Waals surface area (Å²) >= 11 is 0. The normalized spacial score (nSPS) is 24.6. The fourth-order valence-electron chi connectivity index (χ4n) is 3.81. The first-order valence-electron chi connectivity index (χ1n) is 8.31. The average Bonchev–Trinajstić information content (AvgIpc) is 3.22. The van der Waals surface area contributed by atoms with Crippen molar-refractivity contribution in [3.63, 3.8) is 0 Å². The molecule has 0 amide bonds. The lowest BCUT2D eigenvalue weighted by atomic mass is 9.89. The van der Waals surface area contributed by atoms with E-state index in [-0.39, 0.29) is 11.9 Å². The van der Waals surface area contributed by atoms with Crippen molar-refractivity contribution in [2.24, 2.45) is 5.92 Å². The van der Waals surface area contributed by atoms with E-state index in [1.165, 1.54) is 18.3 Å². The Morgan fingerprint density at radius 1 is 1.40 bits per heavy atom. The summed E-state index contributed by atoms with van der Waals surface area (Å²) in [6.07, 6.45) is 5.34. The summed E-state index contributed by atoms with van der Waals surface area (Å²) in [5.74, 6) is 0.444. The quantitative estimate of drug-likeness (QED) is 0.895. The molecule has 25 heavy (non-hydrogen) atoms. The largest absolute Gasteiger partial charge is 0.435 e. The fraction of sp³-hybridized carbons (Fsp3) is 0.444. The maximum Gasteiger partial charge on any atom is 0.387 e. The molecule has 1 aromatic carbocycles. The van der Waals surface area contributed by atoms with Crippen molar-refractivity contribution >= 4 is 16.6 Å². The van der Waals surface area contributed by atoms with E-state index >= 15 is 0 Å². The number of benzene rings is 1. The first-order chi connectivity index (χ1) is 12.1. The number of alkyl halides is 2. The van der Waals surface area contributed by atoms with Gasteiger partial charge in [0.25, 0.3) is 0 Å². The van der Waals surface area contributed by atoms with Crippen molar-refractivity contribution in [1.82, 2.24) is 4.98 Å². The Hall–Kier alpha value is -2.46. The van der Waals surface area contributed by atoms with Gasteiger partial charge in [-0.25, -0.2) is 0 Å². The van der Waals surface area contributed by atoms with E-state index in [0.29, 0.717) is 40.7 Å². The van der Waals surface area contributed by atoms with Crippen molar-refractivity contribution in [3.8, 4) is 11.8 Å². The maximum atomic E-state index is 12.5. The highest BCUT2D eigenvalue weighted by atomic mass is 19.3. The molecule has 1 N–H and O–H groups in total. The van der Waals surface area contributed by atoms with Gasteiger partial charge in [0, 0.05) is 24.0 Å². The summed E-state index contributed by atoms with van der Waals surface area (Å²) in [6, 6.07) is 6.66. The van der Waals surface area contributed by atoms with Gasteiger partial charge in [-0.1, -0.05) is 0 Å². The van der Waals surface area contributed by atoms with Crippen molar-refractivity contribution in [2.75, 3.05) is 11.9 Å². The lowest BCUT2D eigenvalue weighted by Crippen LogP contribution is -2.24. The van der Waals surface area contributed by atoms with Crippen molar-refractivity contribution < 1.29 is 18.3 Å². The molecule has 2 aliphatic rings. The van der Waals surface area contributed by atoms with E-state index in [1.54, 1.807) is 6.07 Å². The van der Waals surface area contributed by atoms with Crippen LogP contribution >= 0.6 is 0 Å². The molecule has 0 radical (unpaired) electrons. The van der Waals surface area contributed by atoms with Crippen molar-refractivity contribution in [1.29, 1.82) is 5.26 Å². The first-order valence-corrected chi connectivity index (χ1v) is 8.31. The standard InChI is InChI=1S/C18H17F2N3O2/c19-18(20)25-13-1-3-15-14(6-13)17(11(7-21)9-22-15)23-8-10-5-12-2-4-16(10)24-12/h1,3,6,9-10,12,16,18H,2,4-5,8H2,(H,22,23)/t10-,12-,16-/m1/s1. The number of nitrogens with one attached hydrogen (secondary N) is 1. The highest BCUT2D eigenvalue weighted by Crippen LogP contribution is 2.39. The Morgan fingerprint density at radius 2 is 2.28 bits per heavy atom. The third-order valence-corrected chi connectivity index (χ3v) is 4.96. The fourth-order valence-corrected chi connectivity index (χ4v) is 3.81. The van der Waals surface area contributed by atoms with Gasteiger partial charge in [0.05, 0.1) is 29.0 Å². The summed E-state index contributed by atoms with van der Waals surface area (Å²) in [6.45, 7) is -2.22. The molecular formula is C18H17F2N3O2. The zero-order valence-electron chi connectivity index (χ0n) is 13.4. The molecule has 1 aromatic heterocycles. The highest BCUT2D eigenvalue weighted by molar-refractivity contribution is 5.94. The topological polar surface area (TPSA) is 67.2 Å². The van der Waals surface area contributed by atoms with Gasteiger partial charge in [-0.3, -0.25) is 4.98 Å². The number of hydrogen-bond donors (Lipinski definition) is 1. The van der Waals surface area contributed by atoms with Crippen LogP contribution in [0, 0.1) is 17.2 Å². The molecule has 2 aromatic rings. The van der Waals surface area contributed by atoms with Crippen LogP contribution in [0.5, 0.6) is 5.75 Å². The van der Waals surface area contributed by atoms with Gasteiger partial charge in [-0.15, -0.1) is 0 Å². The summed E-state index contributed by atoms with van der Waals surface area (Å²) in [7, 11) is 0. The van der Waals surface area contributed by atoms with Gasteiger partial charge in [0.1, 0.15) is 11.8 Å². The third kappa shape index (κ3) is 3.10. The molecule has 0 spiro atoms. The minimum Gasteiger partial charge on any atom is -0.435 e. The molecule has 0 unspecified atom stereocenters. The molecule has 5 nitrogen and oxygen atoms in total. The lowest BCUT2D eigenvalue weighted by molar-refractivity contribution is -0.0497. The predicted molar refractivity (Wildman–Crippen MR) is 87.6 cm³/mol.